The van der Waals surface area contributed by atoms with E-state index in [1.165, 1.54) is 22.5 Å². The van der Waals surface area contributed by atoms with Gasteiger partial charge in [0.25, 0.3) is 17.3 Å². The Morgan fingerprint density at radius 2 is 1.84 bits per heavy atom. The second kappa shape index (κ2) is 8.77. The van der Waals surface area contributed by atoms with Crippen molar-refractivity contribution < 1.29 is 19.1 Å². The summed E-state index contributed by atoms with van der Waals surface area (Å²) in [6.45, 7) is -0.00245. The second-order valence-corrected chi connectivity index (χ2v) is 8.44. The number of non-ortho nitro benzene ring substituents is 2. The molecule has 0 aliphatic heterocycles. The van der Waals surface area contributed by atoms with Gasteiger partial charge in [-0.2, -0.15) is 0 Å². The van der Waals surface area contributed by atoms with E-state index in [2.05, 4.69) is 4.98 Å². The molecule has 1 amide bonds. The molecule has 10 nitrogen and oxygen atoms in total. The Balaban J connectivity index is 1.81. The number of furan rings is 1. The van der Waals surface area contributed by atoms with Gasteiger partial charge in [-0.15, -0.1) is 11.8 Å². The second-order valence-electron chi connectivity index (χ2n) is 6.55. The van der Waals surface area contributed by atoms with Crippen LogP contribution in [-0.2, 0) is 6.54 Å². The highest BCUT2D eigenvalue weighted by atomic mass is 32.2. The molecule has 0 saturated heterocycles. The Labute approximate surface area is 188 Å². The highest BCUT2D eigenvalue weighted by Crippen LogP contribution is 2.34. The summed E-state index contributed by atoms with van der Waals surface area (Å²) < 4.78 is 6.22. The van der Waals surface area contributed by atoms with E-state index in [1.54, 1.807) is 23.9 Å². The van der Waals surface area contributed by atoms with Crippen molar-refractivity contribution in [1.82, 2.24) is 4.98 Å². The van der Waals surface area contributed by atoms with E-state index >= 15 is 0 Å². The van der Waals surface area contributed by atoms with Gasteiger partial charge in [0, 0.05) is 17.0 Å². The first-order chi connectivity index (χ1) is 15.4. The molecule has 32 heavy (non-hydrogen) atoms. The van der Waals surface area contributed by atoms with Gasteiger partial charge in [0.15, 0.2) is 5.13 Å². The van der Waals surface area contributed by atoms with Crippen LogP contribution in [0.25, 0.3) is 10.2 Å². The van der Waals surface area contributed by atoms with Gasteiger partial charge in [-0.1, -0.05) is 11.3 Å². The summed E-state index contributed by atoms with van der Waals surface area (Å²) in [5.74, 6) is -0.209. The summed E-state index contributed by atoms with van der Waals surface area (Å²) in [6.07, 6.45) is 3.41. The van der Waals surface area contributed by atoms with Crippen LogP contribution in [0.4, 0.5) is 16.5 Å². The lowest BCUT2D eigenvalue weighted by molar-refractivity contribution is -0.394. The van der Waals surface area contributed by atoms with Gasteiger partial charge < -0.3 is 4.42 Å². The minimum Gasteiger partial charge on any atom is -0.467 e. The van der Waals surface area contributed by atoms with E-state index in [-0.39, 0.29) is 12.1 Å². The molecule has 2 heterocycles. The van der Waals surface area contributed by atoms with Crippen LogP contribution >= 0.6 is 23.1 Å². The highest BCUT2D eigenvalue weighted by molar-refractivity contribution is 7.98. The molecule has 0 aliphatic rings. The average molecular weight is 470 g/mol. The quantitative estimate of drug-likeness (QED) is 0.202. The minimum atomic E-state index is -0.776. The molecule has 0 unspecified atom stereocenters. The molecule has 0 N–H and O–H groups in total. The molecule has 0 atom stereocenters. The largest absolute Gasteiger partial charge is 0.467 e. The number of hydrogen-bond donors (Lipinski definition) is 0. The van der Waals surface area contributed by atoms with E-state index in [0.29, 0.717) is 16.4 Å². The monoisotopic (exact) mass is 470 g/mol. The highest BCUT2D eigenvalue weighted by Gasteiger charge is 2.27. The van der Waals surface area contributed by atoms with Crippen molar-refractivity contribution in [2.45, 2.75) is 11.4 Å². The van der Waals surface area contributed by atoms with Crippen molar-refractivity contribution in [3.8, 4) is 0 Å². The van der Waals surface area contributed by atoms with Crippen LogP contribution in [0, 0.1) is 20.2 Å². The first kappa shape index (κ1) is 21.5. The third-order valence-corrected chi connectivity index (χ3v) is 6.29. The fourth-order valence-electron chi connectivity index (χ4n) is 3.01. The van der Waals surface area contributed by atoms with Gasteiger partial charge >= 0.3 is 0 Å². The van der Waals surface area contributed by atoms with E-state index in [9.17, 15) is 25.0 Å². The van der Waals surface area contributed by atoms with Crippen molar-refractivity contribution in [3.05, 3.63) is 86.3 Å². The number of rotatable bonds is 7. The number of aromatic nitrogens is 1. The van der Waals surface area contributed by atoms with Gasteiger partial charge in [-0.05, 0) is 36.6 Å². The van der Waals surface area contributed by atoms with Gasteiger partial charge in [0.2, 0.25) is 0 Å². The number of amides is 1. The standard InChI is InChI=1S/C20H14N4O6S2/c1-31-16-4-5-17-18(10-16)32-20(21-17)22(11-15-3-2-6-30-15)19(25)12-7-13(23(26)27)9-14(8-12)24(28)29/h2-10H,11H2,1H3. The van der Waals surface area contributed by atoms with Crippen LogP contribution < -0.4 is 4.90 Å². The topological polar surface area (TPSA) is 133 Å². The van der Waals surface area contributed by atoms with Crippen molar-refractivity contribution in [2.24, 2.45) is 0 Å². The van der Waals surface area contributed by atoms with Crippen molar-refractivity contribution in [2.75, 3.05) is 11.2 Å². The Morgan fingerprint density at radius 3 is 2.44 bits per heavy atom. The maximum Gasteiger partial charge on any atom is 0.277 e. The number of hydrogen-bond acceptors (Lipinski definition) is 9. The maximum atomic E-state index is 13.4. The zero-order valence-corrected chi connectivity index (χ0v) is 18.1. The smallest absolute Gasteiger partial charge is 0.277 e. The maximum absolute atomic E-state index is 13.4. The van der Waals surface area contributed by atoms with Crippen LogP contribution in [0.1, 0.15) is 16.1 Å². The zero-order valence-electron chi connectivity index (χ0n) is 16.5. The minimum absolute atomic E-state index is 0.00245. The molecule has 0 spiro atoms. The molecular weight excluding hydrogens is 456 g/mol. The number of fused-ring (bicyclic) bond motifs is 1. The molecular formula is C20H14N4O6S2. The van der Waals surface area contributed by atoms with Crippen molar-refractivity contribution >= 4 is 55.7 Å². The molecule has 0 aliphatic carbocycles. The van der Waals surface area contributed by atoms with E-state index < -0.39 is 27.1 Å². The lowest BCUT2D eigenvalue weighted by Crippen LogP contribution is -2.30. The van der Waals surface area contributed by atoms with Crippen molar-refractivity contribution in [1.29, 1.82) is 0 Å². The predicted molar refractivity (Wildman–Crippen MR) is 120 cm³/mol. The summed E-state index contributed by atoms with van der Waals surface area (Å²) >= 11 is 2.84. The number of carbonyl (C=O) groups excluding carboxylic acids is 1. The number of nitro groups is 2. The van der Waals surface area contributed by atoms with E-state index in [4.69, 9.17) is 4.42 Å². The van der Waals surface area contributed by atoms with Gasteiger partial charge in [0.1, 0.15) is 5.76 Å². The number of thioether (sulfide) groups is 1. The fourth-order valence-corrected chi connectivity index (χ4v) is 4.52. The number of nitro benzene ring substituents is 2. The lowest BCUT2D eigenvalue weighted by atomic mass is 10.1. The Kier molecular flexibility index (Phi) is 5.88. The lowest BCUT2D eigenvalue weighted by Gasteiger charge is -2.18. The van der Waals surface area contributed by atoms with Gasteiger partial charge in [-0.25, -0.2) is 4.98 Å². The first-order valence-corrected chi connectivity index (χ1v) is 11.1. The number of anilines is 1. The van der Waals surface area contributed by atoms with Crippen LogP contribution in [-0.4, -0.2) is 27.0 Å². The molecule has 12 heteroatoms. The Bertz CT molecular complexity index is 1300. The molecule has 0 bridgehead atoms. The van der Waals surface area contributed by atoms with E-state index in [0.717, 1.165) is 27.8 Å². The molecule has 4 aromatic rings. The molecule has 2 aromatic heterocycles. The number of benzene rings is 2. The summed E-state index contributed by atoms with van der Waals surface area (Å²) in [7, 11) is 0. The Hall–Kier alpha value is -3.77. The normalized spacial score (nSPS) is 10.9. The summed E-state index contributed by atoms with van der Waals surface area (Å²) in [5.41, 5.74) is -0.601. The number of carbonyl (C=O) groups is 1. The van der Waals surface area contributed by atoms with Gasteiger partial charge in [-0.3, -0.25) is 29.9 Å². The summed E-state index contributed by atoms with van der Waals surface area (Å²) in [6, 6.07) is 11.9. The third kappa shape index (κ3) is 4.31. The number of nitrogens with zero attached hydrogens (tertiary/aromatic N) is 4. The Morgan fingerprint density at radius 1 is 1.12 bits per heavy atom. The van der Waals surface area contributed by atoms with Crippen LogP contribution in [0.15, 0.2) is 64.1 Å². The molecule has 4 rings (SSSR count). The molecule has 2 aromatic carbocycles. The predicted octanol–water partition coefficient (Wildman–Crippen LogP) is 5.27. The zero-order chi connectivity index (χ0) is 22.8. The van der Waals surface area contributed by atoms with E-state index in [1.807, 2.05) is 24.5 Å². The van der Waals surface area contributed by atoms with Gasteiger partial charge in [0.05, 0.1) is 44.5 Å². The molecule has 0 fully saturated rings. The number of thiazole rings is 1. The summed E-state index contributed by atoms with van der Waals surface area (Å²) in [4.78, 5) is 41.2. The average Bonchev–Trinajstić information content (AvgIpc) is 3.45. The van der Waals surface area contributed by atoms with Crippen LogP contribution in [0.3, 0.4) is 0 Å². The third-order valence-electron chi connectivity index (χ3n) is 4.53. The van der Waals surface area contributed by atoms with Crippen molar-refractivity contribution in [3.63, 3.8) is 0 Å². The summed E-state index contributed by atoms with van der Waals surface area (Å²) in [5, 5.41) is 22.9. The van der Waals surface area contributed by atoms with Crippen LogP contribution in [0.2, 0.25) is 0 Å². The molecule has 0 radical (unpaired) electrons. The SMILES string of the molecule is CSc1ccc2nc(N(Cc3ccco3)C(=O)c3cc([N+](=O)[O-])cc([N+](=O)[O-])c3)sc2c1. The van der Waals surface area contributed by atoms with Crippen LogP contribution in [0.5, 0.6) is 0 Å². The fraction of sp³-hybridized carbons (Fsp3) is 0.100. The molecule has 0 saturated carbocycles. The molecule has 162 valence electrons. The first-order valence-electron chi connectivity index (χ1n) is 9.08.